The lowest BCUT2D eigenvalue weighted by Crippen LogP contribution is -2.07. The van der Waals surface area contributed by atoms with E-state index in [-0.39, 0.29) is 10.6 Å². The second-order valence-corrected chi connectivity index (χ2v) is 4.68. The lowest BCUT2D eigenvalue weighted by atomic mass is 10.3. The van der Waals surface area contributed by atoms with Crippen LogP contribution in [-0.2, 0) is 9.84 Å². The Bertz CT molecular complexity index is 437. The SMILES string of the molecule is CS(=O)(=O)c1ccc(N[N+](=O)[O-])cc1. The summed E-state index contributed by atoms with van der Waals surface area (Å²) in [6.45, 7) is 0. The van der Waals surface area contributed by atoms with Crippen LogP contribution in [0.15, 0.2) is 29.2 Å². The minimum absolute atomic E-state index is 0.131. The summed E-state index contributed by atoms with van der Waals surface area (Å²) < 4.78 is 22.0. The van der Waals surface area contributed by atoms with E-state index in [4.69, 9.17) is 0 Å². The standard InChI is InChI=1S/C7H8N2O4S/c1-14(12,13)7-4-2-6(3-5-7)8-9(10)11/h2-5,8H,1H3. The summed E-state index contributed by atoms with van der Waals surface area (Å²) in [5.74, 6) is 0. The van der Waals surface area contributed by atoms with Crippen molar-refractivity contribution in [3.8, 4) is 0 Å². The normalized spacial score (nSPS) is 10.9. The summed E-state index contributed by atoms with van der Waals surface area (Å²) in [5, 5.41) is 9.31. The van der Waals surface area contributed by atoms with E-state index in [9.17, 15) is 18.5 Å². The first kappa shape index (κ1) is 10.5. The van der Waals surface area contributed by atoms with Crippen LogP contribution in [0.4, 0.5) is 5.69 Å². The fourth-order valence-corrected chi connectivity index (χ4v) is 1.51. The van der Waals surface area contributed by atoms with Crippen LogP contribution < -0.4 is 5.43 Å². The van der Waals surface area contributed by atoms with Crippen molar-refractivity contribution >= 4 is 15.5 Å². The number of nitro groups is 1. The Labute approximate surface area is 80.6 Å². The van der Waals surface area contributed by atoms with Gasteiger partial charge in [0, 0.05) is 6.26 Å². The molecule has 0 fully saturated rings. The van der Waals surface area contributed by atoms with Crippen molar-refractivity contribution in [2.45, 2.75) is 4.90 Å². The molecule has 14 heavy (non-hydrogen) atoms. The first-order valence-corrected chi connectivity index (χ1v) is 5.50. The summed E-state index contributed by atoms with van der Waals surface area (Å²) >= 11 is 0. The molecule has 0 bridgehead atoms. The van der Waals surface area contributed by atoms with Crippen LogP contribution in [-0.4, -0.2) is 19.7 Å². The minimum atomic E-state index is -3.25. The zero-order valence-electron chi connectivity index (χ0n) is 7.30. The maximum absolute atomic E-state index is 11.0. The van der Waals surface area contributed by atoms with Crippen molar-refractivity contribution in [1.29, 1.82) is 0 Å². The Morgan fingerprint density at radius 3 is 2.14 bits per heavy atom. The van der Waals surface area contributed by atoms with Crippen molar-refractivity contribution < 1.29 is 13.5 Å². The highest BCUT2D eigenvalue weighted by Gasteiger charge is 2.06. The summed E-state index contributed by atoms with van der Waals surface area (Å²) in [4.78, 5) is 10.2. The Morgan fingerprint density at radius 1 is 1.29 bits per heavy atom. The Hall–Kier alpha value is -1.63. The summed E-state index contributed by atoms with van der Waals surface area (Å²) in [5.41, 5.74) is 2.15. The van der Waals surface area contributed by atoms with Gasteiger partial charge in [-0.2, -0.15) is 0 Å². The van der Waals surface area contributed by atoms with Gasteiger partial charge >= 0.3 is 0 Å². The van der Waals surface area contributed by atoms with Gasteiger partial charge in [-0.15, -0.1) is 5.43 Å². The number of nitrogens with one attached hydrogen (secondary N) is 1. The van der Waals surface area contributed by atoms with Crippen molar-refractivity contribution in [3.63, 3.8) is 0 Å². The number of benzene rings is 1. The average Bonchev–Trinajstić information content (AvgIpc) is 2.02. The van der Waals surface area contributed by atoms with Gasteiger partial charge in [-0.05, 0) is 24.3 Å². The second-order valence-electron chi connectivity index (χ2n) is 2.67. The van der Waals surface area contributed by atoms with Gasteiger partial charge in [-0.3, -0.25) is 0 Å². The fraction of sp³-hybridized carbons (Fsp3) is 0.143. The first-order chi connectivity index (χ1) is 6.39. The molecule has 0 spiro atoms. The van der Waals surface area contributed by atoms with Crippen LogP contribution in [0, 0.1) is 10.1 Å². The average molecular weight is 216 g/mol. The molecular weight excluding hydrogens is 208 g/mol. The van der Waals surface area contributed by atoms with Crippen molar-refractivity contribution in [3.05, 3.63) is 34.4 Å². The van der Waals surface area contributed by atoms with Gasteiger partial charge in [-0.25, -0.2) is 18.5 Å². The van der Waals surface area contributed by atoms with E-state index in [1.807, 2.05) is 5.43 Å². The highest BCUT2D eigenvalue weighted by atomic mass is 32.2. The van der Waals surface area contributed by atoms with Crippen molar-refractivity contribution in [2.24, 2.45) is 0 Å². The predicted molar refractivity (Wildman–Crippen MR) is 50.2 cm³/mol. The molecule has 76 valence electrons. The van der Waals surface area contributed by atoms with Gasteiger partial charge in [0.25, 0.3) is 0 Å². The van der Waals surface area contributed by atoms with Crippen molar-refractivity contribution in [1.82, 2.24) is 0 Å². The molecule has 1 aromatic carbocycles. The van der Waals surface area contributed by atoms with Gasteiger partial charge in [0.05, 0.1) is 4.90 Å². The van der Waals surface area contributed by atoms with E-state index in [2.05, 4.69) is 0 Å². The molecule has 6 nitrogen and oxygen atoms in total. The highest BCUT2D eigenvalue weighted by Crippen LogP contribution is 2.13. The predicted octanol–water partition coefficient (Wildman–Crippen LogP) is 0.694. The van der Waals surface area contributed by atoms with Gasteiger partial charge < -0.3 is 0 Å². The van der Waals surface area contributed by atoms with Gasteiger partial charge in [-0.1, -0.05) is 0 Å². The Kier molecular flexibility index (Phi) is 2.70. The topological polar surface area (TPSA) is 89.3 Å². The van der Waals surface area contributed by atoms with E-state index < -0.39 is 14.9 Å². The largest absolute Gasteiger partial charge is 0.235 e. The molecule has 0 saturated carbocycles. The molecule has 0 aromatic heterocycles. The monoisotopic (exact) mass is 216 g/mol. The number of hydrogen-bond donors (Lipinski definition) is 1. The molecule has 1 aromatic rings. The maximum atomic E-state index is 11.0. The highest BCUT2D eigenvalue weighted by molar-refractivity contribution is 7.90. The third kappa shape index (κ3) is 2.70. The van der Waals surface area contributed by atoms with Crippen LogP contribution in [0.25, 0.3) is 0 Å². The van der Waals surface area contributed by atoms with Crippen LogP contribution >= 0.6 is 0 Å². The molecule has 0 heterocycles. The van der Waals surface area contributed by atoms with Gasteiger partial charge in [0.1, 0.15) is 5.69 Å². The molecular formula is C7H8N2O4S. The maximum Gasteiger partial charge on any atom is 0.175 e. The smallest absolute Gasteiger partial charge is 0.175 e. The van der Waals surface area contributed by atoms with Gasteiger partial charge in [0.15, 0.2) is 14.9 Å². The molecule has 0 aliphatic carbocycles. The molecule has 0 radical (unpaired) electrons. The van der Waals surface area contributed by atoms with E-state index in [1.54, 1.807) is 0 Å². The van der Waals surface area contributed by atoms with E-state index in [1.165, 1.54) is 24.3 Å². The summed E-state index contributed by atoms with van der Waals surface area (Å²) in [7, 11) is -3.25. The van der Waals surface area contributed by atoms with Crippen LogP contribution in [0.1, 0.15) is 0 Å². The molecule has 0 saturated heterocycles. The lowest BCUT2D eigenvalue weighted by Gasteiger charge is -1.99. The second kappa shape index (κ2) is 3.62. The molecule has 1 N–H and O–H groups in total. The van der Waals surface area contributed by atoms with Crippen LogP contribution in [0.3, 0.4) is 0 Å². The number of rotatable bonds is 3. The molecule has 0 atom stereocenters. The Balaban J connectivity index is 2.95. The van der Waals surface area contributed by atoms with Crippen LogP contribution in [0.2, 0.25) is 0 Å². The number of hydrazine groups is 1. The number of hydrogen-bond acceptors (Lipinski definition) is 4. The van der Waals surface area contributed by atoms with E-state index in [0.29, 0.717) is 0 Å². The van der Waals surface area contributed by atoms with E-state index >= 15 is 0 Å². The van der Waals surface area contributed by atoms with E-state index in [0.717, 1.165) is 6.26 Å². The van der Waals surface area contributed by atoms with Crippen LogP contribution in [0.5, 0.6) is 0 Å². The molecule has 0 aliphatic heterocycles. The number of sulfone groups is 1. The fourth-order valence-electron chi connectivity index (χ4n) is 0.882. The number of nitrogens with zero attached hydrogens (tertiary/aromatic N) is 1. The third-order valence-corrected chi connectivity index (χ3v) is 2.63. The molecule has 7 heteroatoms. The quantitative estimate of drug-likeness (QED) is 0.593. The zero-order valence-corrected chi connectivity index (χ0v) is 8.11. The number of anilines is 1. The van der Waals surface area contributed by atoms with Crippen molar-refractivity contribution in [2.75, 3.05) is 11.7 Å². The summed E-state index contributed by atoms with van der Waals surface area (Å²) in [6, 6.07) is 5.28. The third-order valence-electron chi connectivity index (χ3n) is 1.50. The molecule has 1 rings (SSSR count). The molecule has 0 unspecified atom stereocenters. The summed E-state index contributed by atoms with van der Waals surface area (Å²) in [6.07, 6.45) is 1.07. The molecule has 0 aliphatic rings. The Morgan fingerprint density at radius 2 is 1.79 bits per heavy atom. The molecule has 0 amide bonds. The lowest BCUT2D eigenvalue weighted by molar-refractivity contribution is -0.445. The van der Waals surface area contributed by atoms with Gasteiger partial charge in [0.2, 0.25) is 0 Å². The minimum Gasteiger partial charge on any atom is -0.235 e. The first-order valence-electron chi connectivity index (χ1n) is 3.61. The zero-order chi connectivity index (χ0) is 10.8.